The lowest BCUT2D eigenvalue weighted by molar-refractivity contribution is 0.353. The molecule has 4 nitrogen and oxygen atoms in total. The van der Waals surface area contributed by atoms with Gasteiger partial charge in [-0.25, -0.2) is 0 Å². The molecule has 4 rings (SSSR count). The smallest absolute Gasteiger partial charge is 0.161 e. The molecule has 0 spiro atoms. The van der Waals surface area contributed by atoms with Gasteiger partial charge in [-0.05, 0) is 59.5 Å². The fraction of sp³-hybridized carbons (Fsp3) is 0.250. The first kappa shape index (κ1) is 18.2. The lowest BCUT2D eigenvalue weighted by atomic mass is 9.87. The second-order valence-corrected chi connectivity index (χ2v) is 6.86. The van der Waals surface area contributed by atoms with E-state index in [1.165, 1.54) is 22.4 Å². The zero-order chi connectivity index (χ0) is 19.5. The lowest BCUT2D eigenvalue weighted by Crippen LogP contribution is -2.36. The van der Waals surface area contributed by atoms with Gasteiger partial charge in [0.25, 0.3) is 0 Å². The summed E-state index contributed by atoms with van der Waals surface area (Å²) in [5.41, 5.74) is 4.99. The molecular formula is C24H25NO3. The minimum atomic E-state index is 0.109. The fourth-order valence-corrected chi connectivity index (χ4v) is 3.99. The van der Waals surface area contributed by atoms with E-state index >= 15 is 0 Å². The molecule has 0 bridgehead atoms. The third-order valence-corrected chi connectivity index (χ3v) is 5.39. The van der Waals surface area contributed by atoms with Crippen molar-refractivity contribution < 1.29 is 14.2 Å². The average Bonchev–Trinajstić information content (AvgIpc) is 2.77. The summed E-state index contributed by atoms with van der Waals surface area (Å²) < 4.78 is 16.5. The van der Waals surface area contributed by atoms with E-state index in [0.29, 0.717) is 0 Å². The zero-order valence-corrected chi connectivity index (χ0v) is 16.5. The summed E-state index contributed by atoms with van der Waals surface area (Å²) in [6, 6.07) is 23.3. The third kappa shape index (κ3) is 3.26. The van der Waals surface area contributed by atoms with Gasteiger partial charge in [-0.3, -0.25) is 0 Å². The maximum absolute atomic E-state index is 5.60. The van der Waals surface area contributed by atoms with Crippen molar-refractivity contribution >= 4 is 5.69 Å². The summed E-state index contributed by atoms with van der Waals surface area (Å²) in [5.74, 6) is 2.41. The molecule has 0 fully saturated rings. The van der Waals surface area contributed by atoms with Crippen molar-refractivity contribution in [2.45, 2.75) is 12.5 Å². The fourth-order valence-electron chi connectivity index (χ4n) is 3.99. The molecule has 1 aliphatic rings. The maximum atomic E-state index is 5.60. The summed E-state index contributed by atoms with van der Waals surface area (Å²) in [6.07, 6.45) is 0.949. The molecule has 1 atom stereocenters. The highest BCUT2D eigenvalue weighted by Crippen LogP contribution is 2.42. The second kappa shape index (κ2) is 7.85. The molecule has 0 aromatic heterocycles. The normalized spacial score (nSPS) is 15.7. The van der Waals surface area contributed by atoms with E-state index < -0.39 is 0 Å². The highest BCUT2D eigenvalue weighted by molar-refractivity contribution is 5.60. The minimum absolute atomic E-state index is 0.109. The predicted molar refractivity (Wildman–Crippen MR) is 112 cm³/mol. The van der Waals surface area contributed by atoms with Crippen molar-refractivity contribution in [3.8, 4) is 17.2 Å². The Morgan fingerprint density at radius 1 is 0.786 bits per heavy atom. The van der Waals surface area contributed by atoms with E-state index in [9.17, 15) is 0 Å². The Balaban J connectivity index is 1.84. The van der Waals surface area contributed by atoms with E-state index in [4.69, 9.17) is 14.2 Å². The van der Waals surface area contributed by atoms with Crippen LogP contribution < -0.4 is 19.1 Å². The van der Waals surface area contributed by atoms with Gasteiger partial charge in [-0.15, -0.1) is 0 Å². The van der Waals surface area contributed by atoms with Gasteiger partial charge >= 0.3 is 0 Å². The molecule has 0 saturated carbocycles. The zero-order valence-electron chi connectivity index (χ0n) is 16.5. The largest absolute Gasteiger partial charge is 0.497 e. The second-order valence-electron chi connectivity index (χ2n) is 6.86. The van der Waals surface area contributed by atoms with Crippen LogP contribution in [-0.4, -0.2) is 27.9 Å². The van der Waals surface area contributed by atoms with Crippen LogP contribution in [0.15, 0.2) is 66.7 Å². The highest BCUT2D eigenvalue weighted by Gasteiger charge is 2.30. The molecule has 144 valence electrons. The molecule has 1 heterocycles. The van der Waals surface area contributed by atoms with Gasteiger partial charge in [0.15, 0.2) is 11.5 Å². The van der Waals surface area contributed by atoms with Crippen molar-refractivity contribution in [1.82, 2.24) is 0 Å². The van der Waals surface area contributed by atoms with Crippen LogP contribution in [-0.2, 0) is 6.42 Å². The standard InChI is InChI=1S/C24H25NO3/c1-26-20-11-9-19(10-12-20)25-14-13-18-15-22(27-2)23(28-3)16-21(18)24(25)17-7-5-4-6-8-17/h4-12,15-16,24H,13-14H2,1-3H3. The maximum Gasteiger partial charge on any atom is 0.161 e. The Hall–Kier alpha value is -3.14. The Bertz CT molecular complexity index is 938. The van der Waals surface area contributed by atoms with Gasteiger partial charge in [-0.2, -0.15) is 0 Å². The monoisotopic (exact) mass is 375 g/mol. The first-order valence-corrected chi connectivity index (χ1v) is 9.45. The summed E-state index contributed by atoms with van der Waals surface area (Å²) in [7, 11) is 5.07. The number of ether oxygens (including phenoxy) is 3. The number of benzene rings is 3. The molecule has 1 unspecified atom stereocenters. The molecule has 0 N–H and O–H groups in total. The molecule has 0 radical (unpaired) electrons. The Kier molecular flexibility index (Phi) is 5.11. The predicted octanol–water partition coefficient (Wildman–Crippen LogP) is 4.86. The summed E-state index contributed by atoms with van der Waals surface area (Å²) in [5, 5.41) is 0. The first-order chi connectivity index (χ1) is 13.7. The lowest BCUT2D eigenvalue weighted by Gasteiger charge is -2.40. The van der Waals surface area contributed by atoms with E-state index in [1.807, 2.05) is 12.1 Å². The molecule has 3 aromatic carbocycles. The van der Waals surface area contributed by atoms with Crippen molar-refractivity contribution in [2.75, 3.05) is 32.8 Å². The van der Waals surface area contributed by atoms with Gasteiger partial charge in [0, 0.05) is 12.2 Å². The summed E-state index contributed by atoms with van der Waals surface area (Å²) in [6.45, 7) is 0.925. The van der Waals surface area contributed by atoms with E-state index in [2.05, 4.69) is 59.5 Å². The quantitative estimate of drug-likeness (QED) is 0.637. The van der Waals surface area contributed by atoms with Crippen LogP contribution in [0.1, 0.15) is 22.7 Å². The molecule has 0 amide bonds. The molecule has 28 heavy (non-hydrogen) atoms. The van der Waals surface area contributed by atoms with E-state index in [-0.39, 0.29) is 6.04 Å². The number of fused-ring (bicyclic) bond motifs is 1. The number of hydrogen-bond acceptors (Lipinski definition) is 4. The van der Waals surface area contributed by atoms with Crippen molar-refractivity contribution in [3.05, 3.63) is 83.4 Å². The minimum Gasteiger partial charge on any atom is -0.497 e. The molecule has 3 aromatic rings. The molecular weight excluding hydrogens is 350 g/mol. The number of hydrogen-bond donors (Lipinski definition) is 0. The molecule has 0 saturated heterocycles. The van der Waals surface area contributed by atoms with Crippen LogP contribution in [0.25, 0.3) is 0 Å². The van der Waals surface area contributed by atoms with Crippen molar-refractivity contribution in [2.24, 2.45) is 0 Å². The number of rotatable bonds is 5. The van der Waals surface area contributed by atoms with Crippen molar-refractivity contribution in [3.63, 3.8) is 0 Å². The highest BCUT2D eigenvalue weighted by atomic mass is 16.5. The van der Waals surface area contributed by atoms with Gasteiger partial charge < -0.3 is 19.1 Å². The number of methoxy groups -OCH3 is 3. The van der Waals surface area contributed by atoms with Gasteiger partial charge in [0.1, 0.15) is 5.75 Å². The SMILES string of the molecule is COc1ccc(N2CCc3cc(OC)c(OC)cc3C2c2ccccc2)cc1. The van der Waals surface area contributed by atoms with Crippen LogP contribution >= 0.6 is 0 Å². The topological polar surface area (TPSA) is 30.9 Å². The van der Waals surface area contributed by atoms with Crippen LogP contribution in [0.5, 0.6) is 17.2 Å². The Morgan fingerprint density at radius 3 is 2.11 bits per heavy atom. The van der Waals surface area contributed by atoms with E-state index in [0.717, 1.165) is 30.2 Å². The van der Waals surface area contributed by atoms with Crippen molar-refractivity contribution in [1.29, 1.82) is 0 Å². The number of nitrogens with zero attached hydrogens (tertiary/aromatic N) is 1. The molecule has 4 heteroatoms. The molecule has 0 aliphatic carbocycles. The van der Waals surface area contributed by atoms with E-state index in [1.54, 1.807) is 21.3 Å². The van der Waals surface area contributed by atoms with Crippen LogP contribution in [0.2, 0.25) is 0 Å². The summed E-state index contributed by atoms with van der Waals surface area (Å²) in [4.78, 5) is 2.45. The van der Waals surface area contributed by atoms with Gasteiger partial charge in [-0.1, -0.05) is 30.3 Å². The summed E-state index contributed by atoms with van der Waals surface area (Å²) >= 11 is 0. The Labute approximate surface area is 166 Å². The number of anilines is 1. The molecule has 1 aliphatic heterocycles. The van der Waals surface area contributed by atoms with Gasteiger partial charge in [0.05, 0.1) is 27.4 Å². The first-order valence-electron chi connectivity index (χ1n) is 9.45. The van der Waals surface area contributed by atoms with Gasteiger partial charge in [0.2, 0.25) is 0 Å². The average molecular weight is 375 g/mol. The van der Waals surface area contributed by atoms with Crippen LogP contribution in [0.3, 0.4) is 0 Å². The Morgan fingerprint density at radius 2 is 1.46 bits per heavy atom. The van der Waals surface area contributed by atoms with Crippen LogP contribution in [0.4, 0.5) is 5.69 Å². The van der Waals surface area contributed by atoms with Crippen LogP contribution in [0, 0.1) is 0 Å². The third-order valence-electron chi connectivity index (χ3n) is 5.39.